The van der Waals surface area contributed by atoms with Gasteiger partial charge >= 0.3 is 0 Å². The molecule has 20 heavy (non-hydrogen) atoms. The van der Waals surface area contributed by atoms with Crippen LogP contribution in [0.4, 0.5) is 0 Å². The molecule has 0 aliphatic heterocycles. The van der Waals surface area contributed by atoms with Crippen LogP contribution in [0.5, 0.6) is 0 Å². The van der Waals surface area contributed by atoms with Gasteiger partial charge in [0.05, 0.1) is 6.54 Å². The molecule has 0 amide bonds. The van der Waals surface area contributed by atoms with E-state index >= 15 is 0 Å². The van der Waals surface area contributed by atoms with Crippen LogP contribution < -0.4 is 16.0 Å². The topological polar surface area (TPSA) is 48.5 Å². The average Bonchev–Trinajstić information content (AvgIpc) is 2.83. The number of aliphatic imine (C=N–C) groups is 1. The molecule has 0 atom stereocenters. The van der Waals surface area contributed by atoms with Crippen molar-refractivity contribution in [3.8, 4) is 0 Å². The van der Waals surface area contributed by atoms with E-state index < -0.39 is 0 Å². The summed E-state index contributed by atoms with van der Waals surface area (Å²) in [4.78, 5) is 4.56. The molecule has 0 bridgehead atoms. The first-order chi connectivity index (χ1) is 9.01. The lowest BCUT2D eigenvalue weighted by atomic mass is 10.1. The maximum atomic E-state index is 4.56. The number of hydrogen-bond acceptors (Lipinski definition) is 3. The van der Waals surface area contributed by atoms with Crippen molar-refractivity contribution in [3.63, 3.8) is 0 Å². The van der Waals surface area contributed by atoms with E-state index in [2.05, 4.69) is 65.5 Å². The first-order valence-electron chi connectivity index (χ1n) is 6.79. The second kappa shape index (κ2) is 10.4. The largest absolute Gasteiger partial charge is 0.357 e. The molecule has 116 valence electrons. The van der Waals surface area contributed by atoms with Gasteiger partial charge in [-0.15, -0.1) is 24.0 Å². The summed E-state index contributed by atoms with van der Waals surface area (Å²) in [6.07, 6.45) is 0. The molecule has 0 unspecified atom stereocenters. The third kappa shape index (κ3) is 9.55. The number of thiophene rings is 1. The molecular weight excluding hydrogens is 383 g/mol. The fourth-order valence-electron chi connectivity index (χ4n) is 1.51. The first-order valence-corrected chi connectivity index (χ1v) is 7.74. The van der Waals surface area contributed by atoms with Gasteiger partial charge in [-0.25, -0.2) is 4.99 Å². The Labute approximate surface area is 143 Å². The molecule has 0 saturated heterocycles. The first kappa shape index (κ1) is 19.7. The minimum atomic E-state index is 0. The minimum Gasteiger partial charge on any atom is -0.357 e. The number of nitrogens with zero attached hydrogens (tertiary/aromatic N) is 1. The van der Waals surface area contributed by atoms with Crippen molar-refractivity contribution in [2.75, 3.05) is 19.6 Å². The molecule has 6 heteroatoms. The summed E-state index contributed by atoms with van der Waals surface area (Å²) in [6.45, 7) is 12.0. The Kier molecular flexibility index (Phi) is 10.2. The number of guanidine groups is 1. The molecule has 0 aliphatic rings. The van der Waals surface area contributed by atoms with Crippen LogP contribution in [0.15, 0.2) is 21.8 Å². The highest BCUT2D eigenvalue weighted by Gasteiger charge is 2.07. The van der Waals surface area contributed by atoms with Crippen LogP contribution >= 0.6 is 35.3 Å². The van der Waals surface area contributed by atoms with Crippen LogP contribution in [0.25, 0.3) is 0 Å². The molecule has 0 aromatic carbocycles. The van der Waals surface area contributed by atoms with Gasteiger partial charge in [0.25, 0.3) is 0 Å². The molecule has 0 saturated carbocycles. The molecule has 1 aromatic rings. The van der Waals surface area contributed by atoms with E-state index in [1.54, 1.807) is 11.3 Å². The second-order valence-corrected chi connectivity index (χ2v) is 6.21. The van der Waals surface area contributed by atoms with E-state index in [0.29, 0.717) is 0 Å². The van der Waals surface area contributed by atoms with Crippen molar-refractivity contribution in [3.05, 3.63) is 22.4 Å². The van der Waals surface area contributed by atoms with Crippen LogP contribution in [0.3, 0.4) is 0 Å². The molecule has 0 fully saturated rings. The Bertz CT molecular complexity index is 371. The fourth-order valence-corrected chi connectivity index (χ4v) is 2.17. The van der Waals surface area contributed by atoms with Crippen LogP contribution in [0.2, 0.25) is 0 Å². The zero-order valence-corrected chi connectivity index (χ0v) is 16.0. The Morgan fingerprint density at radius 2 is 2.00 bits per heavy atom. The molecule has 1 heterocycles. The third-order valence-corrected chi connectivity index (χ3v) is 3.15. The van der Waals surface area contributed by atoms with E-state index in [1.807, 2.05) is 0 Å². The van der Waals surface area contributed by atoms with E-state index in [4.69, 9.17) is 0 Å². The van der Waals surface area contributed by atoms with E-state index in [1.165, 1.54) is 5.56 Å². The number of hydrogen-bond donors (Lipinski definition) is 3. The number of rotatable bonds is 6. The maximum Gasteiger partial charge on any atom is 0.191 e. The standard InChI is InChI=1S/C14H26N4S.HI/c1-5-15-13(16-7-8-18-14(2,3)4)17-10-12-6-9-19-11-12;/h6,9,11,18H,5,7-8,10H2,1-4H3,(H2,15,16,17);1H. The molecule has 0 aliphatic carbocycles. The lowest BCUT2D eigenvalue weighted by Gasteiger charge is -2.21. The molecule has 1 rings (SSSR count). The van der Waals surface area contributed by atoms with Gasteiger partial charge in [0.15, 0.2) is 5.96 Å². The van der Waals surface area contributed by atoms with Crippen molar-refractivity contribution >= 4 is 41.3 Å². The van der Waals surface area contributed by atoms with Gasteiger partial charge in [0.1, 0.15) is 0 Å². The Morgan fingerprint density at radius 1 is 1.25 bits per heavy atom. The number of halogens is 1. The van der Waals surface area contributed by atoms with Gasteiger partial charge in [0.2, 0.25) is 0 Å². The van der Waals surface area contributed by atoms with Crippen molar-refractivity contribution in [1.82, 2.24) is 16.0 Å². The van der Waals surface area contributed by atoms with Crippen molar-refractivity contribution in [2.45, 2.75) is 39.8 Å². The summed E-state index contributed by atoms with van der Waals surface area (Å²) in [7, 11) is 0. The molecule has 3 N–H and O–H groups in total. The van der Waals surface area contributed by atoms with Crippen LogP contribution in [-0.4, -0.2) is 31.1 Å². The van der Waals surface area contributed by atoms with E-state index in [0.717, 1.165) is 32.1 Å². The number of nitrogens with one attached hydrogen (secondary N) is 3. The summed E-state index contributed by atoms with van der Waals surface area (Å²) in [6, 6.07) is 2.11. The summed E-state index contributed by atoms with van der Waals surface area (Å²) in [5.41, 5.74) is 1.42. The van der Waals surface area contributed by atoms with Crippen LogP contribution in [0.1, 0.15) is 33.3 Å². The molecule has 4 nitrogen and oxygen atoms in total. The molecular formula is C14H27IN4S. The summed E-state index contributed by atoms with van der Waals surface area (Å²) >= 11 is 1.71. The highest BCUT2D eigenvalue weighted by Crippen LogP contribution is 2.06. The smallest absolute Gasteiger partial charge is 0.191 e. The summed E-state index contributed by atoms with van der Waals surface area (Å²) in [5, 5.41) is 14.3. The third-order valence-electron chi connectivity index (χ3n) is 2.42. The van der Waals surface area contributed by atoms with Crippen molar-refractivity contribution in [1.29, 1.82) is 0 Å². The lowest BCUT2D eigenvalue weighted by Crippen LogP contribution is -2.44. The van der Waals surface area contributed by atoms with Gasteiger partial charge in [-0.2, -0.15) is 11.3 Å². The van der Waals surface area contributed by atoms with Crippen LogP contribution in [0, 0.1) is 0 Å². The van der Waals surface area contributed by atoms with Gasteiger partial charge in [0, 0.05) is 25.2 Å². The average molecular weight is 410 g/mol. The van der Waals surface area contributed by atoms with Gasteiger partial charge in [-0.3, -0.25) is 0 Å². The minimum absolute atomic E-state index is 0. The van der Waals surface area contributed by atoms with Gasteiger partial charge in [-0.1, -0.05) is 0 Å². The molecule has 0 radical (unpaired) electrons. The Balaban J connectivity index is 0.00000361. The predicted molar refractivity (Wildman–Crippen MR) is 100 cm³/mol. The van der Waals surface area contributed by atoms with Gasteiger partial charge < -0.3 is 16.0 Å². The lowest BCUT2D eigenvalue weighted by molar-refractivity contribution is 0.428. The van der Waals surface area contributed by atoms with Crippen molar-refractivity contribution in [2.24, 2.45) is 4.99 Å². The molecule has 1 aromatic heterocycles. The highest BCUT2D eigenvalue weighted by atomic mass is 127. The fraction of sp³-hybridized carbons (Fsp3) is 0.643. The van der Waals surface area contributed by atoms with Gasteiger partial charge in [-0.05, 0) is 50.1 Å². The monoisotopic (exact) mass is 410 g/mol. The second-order valence-electron chi connectivity index (χ2n) is 5.43. The van der Waals surface area contributed by atoms with Crippen LogP contribution in [-0.2, 0) is 6.54 Å². The van der Waals surface area contributed by atoms with E-state index in [9.17, 15) is 0 Å². The normalized spacial score (nSPS) is 11.9. The zero-order valence-electron chi connectivity index (χ0n) is 12.8. The summed E-state index contributed by atoms with van der Waals surface area (Å²) < 4.78 is 0. The molecule has 0 spiro atoms. The maximum absolute atomic E-state index is 4.56. The Hall–Kier alpha value is -0.340. The highest BCUT2D eigenvalue weighted by molar-refractivity contribution is 14.0. The zero-order chi connectivity index (χ0) is 14.1. The quantitative estimate of drug-likeness (QED) is 0.293. The van der Waals surface area contributed by atoms with E-state index in [-0.39, 0.29) is 29.5 Å². The SMILES string of the molecule is CCNC(=NCc1ccsc1)NCCNC(C)(C)C.I. The summed E-state index contributed by atoms with van der Waals surface area (Å²) in [5.74, 6) is 0.879. The van der Waals surface area contributed by atoms with Crippen molar-refractivity contribution < 1.29 is 0 Å². The predicted octanol–water partition coefficient (Wildman–Crippen LogP) is 2.81. The Morgan fingerprint density at radius 3 is 2.55 bits per heavy atom.